The maximum atomic E-state index is 11.8. The third-order valence-electron chi connectivity index (χ3n) is 5.05. The van der Waals surface area contributed by atoms with Crippen LogP contribution >= 0.6 is 11.6 Å². The summed E-state index contributed by atoms with van der Waals surface area (Å²) in [7, 11) is -1.90. The molecule has 0 saturated heterocycles. The van der Waals surface area contributed by atoms with Crippen molar-refractivity contribution in [3.63, 3.8) is 0 Å². The molecule has 1 aromatic carbocycles. The number of methoxy groups -OCH3 is 1. The smallest absolute Gasteiger partial charge is 0.294 e. The summed E-state index contributed by atoms with van der Waals surface area (Å²) in [6.07, 6.45) is 3.93. The van der Waals surface area contributed by atoms with Gasteiger partial charge < -0.3 is 9.15 Å². The second kappa shape index (κ2) is 9.81. The van der Waals surface area contributed by atoms with E-state index in [1.54, 1.807) is 47.2 Å². The van der Waals surface area contributed by atoms with Gasteiger partial charge in [0.2, 0.25) is 17.6 Å². The van der Waals surface area contributed by atoms with Gasteiger partial charge in [0.15, 0.2) is 15.7 Å². The zero-order valence-corrected chi connectivity index (χ0v) is 20.9. The molecule has 13 heteroatoms. The van der Waals surface area contributed by atoms with E-state index in [4.69, 9.17) is 20.8 Å². The first-order chi connectivity index (χ1) is 17.8. The lowest BCUT2D eigenvalue weighted by Crippen LogP contribution is -2.03. The predicted molar refractivity (Wildman–Crippen MR) is 133 cm³/mol. The number of sulfone groups is 1. The number of para-hydroxylation sites is 1. The fourth-order valence-electron chi connectivity index (χ4n) is 3.28. The van der Waals surface area contributed by atoms with Crippen LogP contribution in [-0.4, -0.2) is 56.7 Å². The van der Waals surface area contributed by atoms with Crippen molar-refractivity contribution in [2.75, 3.05) is 13.4 Å². The minimum Gasteiger partial charge on any atom is -0.481 e. The van der Waals surface area contributed by atoms with Crippen molar-refractivity contribution < 1.29 is 17.6 Å². The van der Waals surface area contributed by atoms with Crippen molar-refractivity contribution in [3.05, 3.63) is 77.7 Å². The van der Waals surface area contributed by atoms with Gasteiger partial charge in [0.05, 0.1) is 22.7 Å². The number of aromatic nitrogens is 7. The molecule has 0 atom stereocenters. The number of hydrogen-bond acceptors (Lipinski definition) is 10. The van der Waals surface area contributed by atoms with E-state index in [9.17, 15) is 8.42 Å². The Labute approximate surface area is 216 Å². The summed E-state index contributed by atoms with van der Waals surface area (Å²) < 4.78 is 36.0. The number of pyridine rings is 2. The molecule has 0 aliphatic heterocycles. The molecule has 0 saturated carbocycles. The van der Waals surface area contributed by atoms with Gasteiger partial charge in [-0.25, -0.2) is 13.4 Å². The Morgan fingerprint density at radius 2 is 1.84 bits per heavy atom. The van der Waals surface area contributed by atoms with Gasteiger partial charge in [-0.15, -0.1) is 15.3 Å². The van der Waals surface area contributed by atoms with E-state index in [0.717, 1.165) is 6.26 Å². The van der Waals surface area contributed by atoms with Crippen molar-refractivity contribution >= 4 is 21.4 Å². The molecule has 5 rings (SSSR count). The molecule has 0 radical (unpaired) electrons. The minimum absolute atomic E-state index is 0.0525. The third-order valence-corrected chi connectivity index (χ3v) is 6.46. The SMILES string of the molecule is COc1cc(-c2nnc(C#Cc3nnc(-c4ccc(S(C)(=O)=O)cn4)n3-c3ccccc3Cl)o2)ccn1. The van der Waals surface area contributed by atoms with Crippen LogP contribution in [-0.2, 0) is 9.84 Å². The third kappa shape index (κ3) is 5.04. The molecule has 0 aliphatic rings. The summed E-state index contributed by atoms with van der Waals surface area (Å²) in [6, 6.07) is 13.4. The molecule has 0 unspecified atom stereocenters. The first-order valence-electron chi connectivity index (χ1n) is 10.6. The van der Waals surface area contributed by atoms with Crippen molar-refractivity contribution in [2.24, 2.45) is 0 Å². The lowest BCUT2D eigenvalue weighted by Gasteiger charge is -2.09. The average molecular weight is 534 g/mol. The Morgan fingerprint density at radius 1 is 1.00 bits per heavy atom. The first-order valence-corrected chi connectivity index (χ1v) is 12.8. The Kier molecular flexibility index (Phi) is 6.39. The highest BCUT2D eigenvalue weighted by Crippen LogP contribution is 2.27. The van der Waals surface area contributed by atoms with E-state index < -0.39 is 9.84 Å². The van der Waals surface area contributed by atoms with E-state index in [-0.39, 0.29) is 22.5 Å². The fourth-order valence-corrected chi connectivity index (χ4v) is 4.06. The Balaban J connectivity index is 1.56. The number of benzene rings is 1. The van der Waals surface area contributed by atoms with E-state index in [0.29, 0.717) is 33.7 Å². The molecule has 5 aromatic rings. The van der Waals surface area contributed by atoms with Crippen molar-refractivity contribution in [2.45, 2.75) is 4.90 Å². The molecule has 0 amide bonds. The number of nitrogens with zero attached hydrogens (tertiary/aromatic N) is 7. The Bertz CT molecular complexity index is 1770. The van der Waals surface area contributed by atoms with Crippen LogP contribution in [0, 0.1) is 11.8 Å². The summed E-state index contributed by atoms with van der Waals surface area (Å²) in [5, 5.41) is 16.8. The summed E-state index contributed by atoms with van der Waals surface area (Å²) in [4.78, 5) is 8.40. The van der Waals surface area contributed by atoms with Crippen molar-refractivity contribution in [3.8, 4) is 46.4 Å². The van der Waals surface area contributed by atoms with Crippen LogP contribution in [0.4, 0.5) is 0 Å². The van der Waals surface area contributed by atoms with E-state index in [2.05, 4.69) is 42.2 Å². The second-order valence-electron chi connectivity index (χ2n) is 7.53. The number of ether oxygens (including phenoxy) is 1. The number of rotatable bonds is 5. The zero-order chi connectivity index (χ0) is 26.0. The molecule has 0 fully saturated rings. The topological polar surface area (TPSA) is 139 Å². The van der Waals surface area contributed by atoms with Crippen LogP contribution in [0.2, 0.25) is 5.02 Å². The lowest BCUT2D eigenvalue weighted by atomic mass is 10.2. The van der Waals surface area contributed by atoms with Gasteiger partial charge in [0.25, 0.3) is 5.89 Å². The summed E-state index contributed by atoms with van der Waals surface area (Å²) >= 11 is 6.46. The van der Waals surface area contributed by atoms with Crippen molar-refractivity contribution in [1.29, 1.82) is 0 Å². The minimum atomic E-state index is -3.41. The molecule has 11 nitrogen and oxygen atoms in total. The highest BCUT2D eigenvalue weighted by molar-refractivity contribution is 7.90. The van der Waals surface area contributed by atoms with Gasteiger partial charge in [-0.3, -0.25) is 9.55 Å². The Morgan fingerprint density at radius 3 is 2.57 bits per heavy atom. The van der Waals surface area contributed by atoms with Gasteiger partial charge in [-0.1, -0.05) is 28.8 Å². The van der Waals surface area contributed by atoms with Gasteiger partial charge in [0.1, 0.15) is 5.69 Å². The molecule has 4 heterocycles. The second-order valence-corrected chi connectivity index (χ2v) is 9.96. The molecule has 184 valence electrons. The van der Waals surface area contributed by atoms with Gasteiger partial charge in [-0.05, 0) is 36.3 Å². The molecule has 0 bridgehead atoms. The molecule has 4 aromatic heterocycles. The monoisotopic (exact) mass is 533 g/mol. The van der Waals surface area contributed by atoms with Crippen LogP contribution in [0.5, 0.6) is 5.88 Å². The number of hydrogen-bond donors (Lipinski definition) is 0. The van der Waals surface area contributed by atoms with Crippen LogP contribution in [0.25, 0.3) is 28.7 Å². The molecule has 0 spiro atoms. The molecular weight excluding hydrogens is 518 g/mol. The standard InChI is InChI=1S/C24H16ClN7O4S/c1-35-22-13-15(11-12-26-22)24-31-29-21(36-24)10-9-20-28-30-23(32(20)19-6-4-3-5-17(19)25)18-8-7-16(14-27-18)37(2,33)34/h3-8,11-14H,1-2H3. The summed E-state index contributed by atoms with van der Waals surface area (Å²) in [6.45, 7) is 0. The summed E-state index contributed by atoms with van der Waals surface area (Å²) in [5.74, 6) is 6.93. The lowest BCUT2D eigenvalue weighted by molar-refractivity contribution is 0.398. The average Bonchev–Trinajstić information content (AvgIpc) is 3.55. The highest BCUT2D eigenvalue weighted by atomic mass is 35.5. The predicted octanol–water partition coefficient (Wildman–Crippen LogP) is 3.24. The molecule has 0 aliphatic carbocycles. The Hall–Kier alpha value is -4.60. The first kappa shape index (κ1) is 24.1. The van der Waals surface area contributed by atoms with Gasteiger partial charge in [0, 0.05) is 36.2 Å². The maximum Gasteiger partial charge on any atom is 0.294 e. The van der Waals surface area contributed by atoms with Crippen LogP contribution < -0.4 is 4.74 Å². The highest BCUT2D eigenvalue weighted by Gasteiger charge is 2.19. The van der Waals surface area contributed by atoms with Crippen molar-refractivity contribution in [1.82, 2.24) is 34.9 Å². The fraction of sp³-hybridized carbons (Fsp3) is 0.0833. The van der Waals surface area contributed by atoms with E-state index in [1.807, 2.05) is 0 Å². The van der Waals surface area contributed by atoms with Crippen LogP contribution in [0.1, 0.15) is 11.7 Å². The van der Waals surface area contributed by atoms with E-state index >= 15 is 0 Å². The van der Waals surface area contributed by atoms with E-state index in [1.165, 1.54) is 25.4 Å². The normalized spacial score (nSPS) is 11.1. The zero-order valence-electron chi connectivity index (χ0n) is 19.3. The number of halogens is 1. The summed E-state index contributed by atoms with van der Waals surface area (Å²) in [5.41, 5.74) is 1.55. The van der Waals surface area contributed by atoms with Crippen LogP contribution in [0.15, 0.2) is 70.2 Å². The van der Waals surface area contributed by atoms with Gasteiger partial charge in [-0.2, -0.15) is 0 Å². The maximum absolute atomic E-state index is 11.8. The molecular formula is C24H16ClN7O4S. The molecule has 0 N–H and O–H groups in total. The quantitative estimate of drug-likeness (QED) is 0.309. The molecule has 37 heavy (non-hydrogen) atoms. The van der Waals surface area contributed by atoms with Gasteiger partial charge >= 0.3 is 0 Å². The largest absolute Gasteiger partial charge is 0.481 e. The van der Waals surface area contributed by atoms with Crippen LogP contribution in [0.3, 0.4) is 0 Å².